The average Bonchev–Trinajstić information content (AvgIpc) is 2.86. The zero-order valence-corrected chi connectivity index (χ0v) is 25.1. The van der Waals surface area contributed by atoms with E-state index in [-0.39, 0.29) is 6.54 Å². The minimum absolute atomic E-state index is 0.334. The van der Waals surface area contributed by atoms with Crippen LogP contribution in [0.3, 0.4) is 0 Å². The van der Waals surface area contributed by atoms with Crippen LogP contribution in [0.25, 0.3) is 0 Å². The summed E-state index contributed by atoms with van der Waals surface area (Å²) in [4.78, 5) is 53.9. The van der Waals surface area contributed by atoms with Crippen molar-refractivity contribution in [1.29, 1.82) is 0 Å². The summed E-state index contributed by atoms with van der Waals surface area (Å²) in [5.41, 5.74) is 0.164. The number of aryl methyl sites for hydroxylation is 1. The van der Waals surface area contributed by atoms with Crippen LogP contribution >= 0.6 is 11.8 Å². The van der Waals surface area contributed by atoms with E-state index in [1.54, 1.807) is 32.5 Å². The number of hydrogen-bond acceptors (Lipinski definition) is 7. The number of amides is 3. The summed E-state index contributed by atoms with van der Waals surface area (Å²) < 4.78 is 10.1. The first-order chi connectivity index (χ1) is 17.7. The Kier molecular flexibility index (Phi) is 13.1. The Labute approximate surface area is 231 Å². The van der Waals surface area contributed by atoms with Crippen molar-refractivity contribution in [2.24, 2.45) is 0 Å². The molecule has 0 heterocycles. The molecule has 0 radical (unpaired) electrons. The van der Waals surface area contributed by atoms with E-state index >= 15 is 0 Å². The summed E-state index contributed by atoms with van der Waals surface area (Å²) in [6.07, 6.45) is 2.92. The van der Waals surface area contributed by atoms with Crippen molar-refractivity contribution in [1.82, 2.24) is 15.5 Å². The molecule has 1 aromatic carbocycles. The SMILES string of the molecule is CCc1ccc(C(C(=O)NCC(=O)OC)N(C(=O)C(CCSC)NC(=O)OC(C)(C)C)C(C)(C)CC)cc1. The molecule has 0 aliphatic rings. The third-order valence-electron chi connectivity index (χ3n) is 6.20. The molecule has 9 nitrogen and oxygen atoms in total. The minimum Gasteiger partial charge on any atom is -0.468 e. The van der Waals surface area contributed by atoms with E-state index in [1.165, 1.54) is 12.0 Å². The van der Waals surface area contributed by atoms with Crippen LogP contribution in [0.15, 0.2) is 24.3 Å². The van der Waals surface area contributed by atoms with Gasteiger partial charge >= 0.3 is 12.1 Å². The zero-order valence-electron chi connectivity index (χ0n) is 24.3. The lowest BCUT2D eigenvalue weighted by Crippen LogP contribution is -2.59. The number of nitrogens with zero attached hydrogens (tertiary/aromatic N) is 1. The van der Waals surface area contributed by atoms with Crippen LogP contribution in [-0.4, -0.2) is 71.6 Å². The standard InChI is InChI=1S/C28H45N3O6S/c1-10-19-12-14-20(15-13-19)23(24(33)29-18-22(32)36-8)31(28(6,7)11-2)25(34)21(16-17-38-9)30-26(35)37-27(3,4)5/h12-15,21,23H,10-11,16-18H2,1-9H3,(H,29,33)(H,30,35). The third-order valence-corrected chi connectivity index (χ3v) is 6.84. The van der Waals surface area contributed by atoms with Crippen LogP contribution in [0.1, 0.15) is 78.5 Å². The number of esters is 1. The van der Waals surface area contributed by atoms with E-state index in [2.05, 4.69) is 15.4 Å². The van der Waals surface area contributed by atoms with Crippen LogP contribution in [0, 0.1) is 0 Å². The predicted molar refractivity (Wildman–Crippen MR) is 151 cm³/mol. The number of rotatable bonds is 13. The van der Waals surface area contributed by atoms with E-state index in [1.807, 2.05) is 58.2 Å². The summed E-state index contributed by atoms with van der Waals surface area (Å²) in [6.45, 7) is 12.6. The van der Waals surface area contributed by atoms with Gasteiger partial charge in [-0.1, -0.05) is 38.1 Å². The number of methoxy groups -OCH3 is 1. The van der Waals surface area contributed by atoms with Gasteiger partial charge in [0.2, 0.25) is 11.8 Å². The van der Waals surface area contributed by atoms with Crippen molar-refractivity contribution < 1.29 is 28.7 Å². The molecule has 3 amide bonds. The number of hydrogen-bond donors (Lipinski definition) is 2. The van der Waals surface area contributed by atoms with Crippen molar-refractivity contribution in [3.63, 3.8) is 0 Å². The number of benzene rings is 1. The normalized spacial score (nSPS) is 13.2. The Morgan fingerprint density at radius 3 is 2.11 bits per heavy atom. The van der Waals surface area contributed by atoms with Crippen molar-refractivity contribution in [2.75, 3.05) is 25.7 Å². The lowest BCUT2D eigenvalue weighted by molar-refractivity contribution is -0.150. The zero-order chi connectivity index (χ0) is 29.1. The molecule has 0 aliphatic heterocycles. The van der Waals surface area contributed by atoms with Crippen molar-refractivity contribution in [3.05, 3.63) is 35.4 Å². The Balaban J connectivity index is 3.61. The average molecular weight is 552 g/mol. The number of nitrogens with one attached hydrogen (secondary N) is 2. The molecule has 214 valence electrons. The molecule has 10 heteroatoms. The Morgan fingerprint density at radius 1 is 1.03 bits per heavy atom. The molecule has 2 unspecified atom stereocenters. The number of ether oxygens (including phenoxy) is 2. The molecule has 1 rings (SSSR count). The number of carbonyl (C=O) groups excluding carboxylic acids is 4. The van der Waals surface area contributed by atoms with Gasteiger partial charge in [-0.15, -0.1) is 0 Å². The first-order valence-electron chi connectivity index (χ1n) is 13.0. The highest BCUT2D eigenvalue weighted by molar-refractivity contribution is 7.98. The molecular weight excluding hydrogens is 506 g/mol. The predicted octanol–water partition coefficient (Wildman–Crippen LogP) is 4.24. The lowest BCUT2D eigenvalue weighted by Gasteiger charge is -2.44. The molecule has 0 aromatic heterocycles. The topological polar surface area (TPSA) is 114 Å². The molecule has 0 fully saturated rings. The molecule has 2 N–H and O–H groups in total. The van der Waals surface area contributed by atoms with Gasteiger partial charge in [-0.25, -0.2) is 4.79 Å². The summed E-state index contributed by atoms with van der Waals surface area (Å²) >= 11 is 1.55. The fraction of sp³-hybridized carbons (Fsp3) is 0.643. The highest BCUT2D eigenvalue weighted by atomic mass is 32.2. The van der Waals surface area contributed by atoms with Gasteiger partial charge in [0.25, 0.3) is 0 Å². The van der Waals surface area contributed by atoms with Crippen molar-refractivity contribution >= 4 is 35.6 Å². The van der Waals surface area contributed by atoms with Gasteiger partial charge in [0, 0.05) is 5.54 Å². The van der Waals surface area contributed by atoms with Crippen LogP contribution in [0.4, 0.5) is 4.79 Å². The van der Waals surface area contributed by atoms with Gasteiger partial charge in [0.1, 0.15) is 24.2 Å². The second-order valence-corrected chi connectivity index (χ2v) is 11.6. The lowest BCUT2D eigenvalue weighted by atomic mass is 9.91. The second kappa shape index (κ2) is 15.0. The molecule has 2 atom stereocenters. The van der Waals surface area contributed by atoms with Gasteiger partial charge in [0.15, 0.2) is 0 Å². The van der Waals surface area contributed by atoms with Gasteiger partial charge in [0.05, 0.1) is 7.11 Å². The smallest absolute Gasteiger partial charge is 0.408 e. The molecule has 0 bridgehead atoms. The second-order valence-electron chi connectivity index (χ2n) is 10.6. The third kappa shape index (κ3) is 10.2. The van der Waals surface area contributed by atoms with Gasteiger partial charge in [-0.05, 0) is 77.0 Å². The molecule has 0 saturated heterocycles. The summed E-state index contributed by atoms with van der Waals surface area (Å²) in [7, 11) is 1.24. The maximum Gasteiger partial charge on any atom is 0.408 e. The highest BCUT2D eigenvalue weighted by Crippen LogP contribution is 2.33. The summed E-state index contributed by atoms with van der Waals surface area (Å²) in [5, 5.41) is 5.36. The first-order valence-corrected chi connectivity index (χ1v) is 14.3. The fourth-order valence-electron chi connectivity index (χ4n) is 3.74. The van der Waals surface area contributed by atoms with Gasteiger partial charge < -0.3 is 25.0 Å². The maximum absolute atomic E-state index is 14.3. The van der Waals surface area contributed by atoms with Crippen LogP contribution in [-0.2, 0) is 30.3 Å². The van der Waals surface area contributed by atoms with Crippen LogP contribution in [0.2, 0.25) is 0 Å². The quantitative estimate of drug-likeness (QED) is 0.353. The largest absolute Gasteiger partial charge is 0.468 e. The molecular formula is C28H45N3O6S. The van der Waals surface area contributed by atoms with E-state index in [0.29, 0.717) is 24.2 Å². The molecule has 0 aliphatic carbocycles. The molecule has 1 aromatic rings. The van der Waals surface area contributed by atoms with Crippen molar-refractivity contribution in [3.8, 4) is 0 Å². The summed E-state index contributed by atoms with van der Waals surface area (Å²) in [6, 6.07) is 5.51. The number of thioether (sulfide) groups is 1. The Morgan fingerprint density at radius 2 is 1.63 bits per heavy atom. The monoisotopic (exact) mass is 551 g/mol. The first kappa shape index (κ1) is 33.3. The van der Waals surface area contributed by atoms with E-state index in [9.17, 15) is 19.2 Å². The Hall–Kier alpha value is -2.75. The minimum atomic E-state index is -1.05. The van der Waals surface area contributed by atoms with E-state index < -0.39 is 47.1 Å². The number of alkyl carbamates (subject to hydrolysis) is 1. The van der Waals surface area contributed by atoms with E-state index in [4.69, 9.17) is 4.74 Å². The van der Waals surface area contributed by atoms with Crippen LogP contribution in [0.5, 0.6) is 0 Å². The van der Waals surface area contributed by atoms with Gasteiger partial charge in [-0.3, -0.25) is 14.4 Å². The number of carbonyl (C=O) groups is 4. The van der Waals surface area contributed by atoms with E-state index in [0.717, 1.165) is 12.0 Å². The highest BCUT2D eigenvalue weighted by Gasteiger charge is 2.43. The van der Waals surface area contributed by atoms with Crippen molar-refractivity contribution in [2.45, 2.75) is 91.0 Å². The maximum atomic E-state index is 14.3. The fourth-order valence-corrected chi connectivity index (χ4v) is 4.21. The summed E-state index contributed by atoms with van der Waals surface area (Å²) in [5.74, 6) is -0.919. The molecule has 38 heavy (non-hydrogen) atoms. The van der Waals surface area contributed by atoms with Gasteiger partial charge in [-0.2, -0.15) is 11.8 Å². The Bertz CT molecular complexity index is 943. The van der Waals surface area contributed by atoms with Crippen LogP contribution < -0.4 is 10.6 Å². The molecule has 0 spiro atoms. The molecule has 0 saturated carbocycles.